The van der Waals surface area contributed by atoms with Crippen molar-refractivity contribution in [3.8, 4) is 0 Å². The molecule has 0 heterocycles. The molecule has 0 fully saturated rings. The van der Waals surface area contributed by atoms with Gasteiger partial charge in [0.1, 0.15) is 12.6 Å². The van der Waals surface area contributed by atoms with E-state index < -0.39 is 28.0 Å². The molecule has 4 aromatic carbocycles. The van der Waals surface area contributed by atoms with Gasteiger partial charge in [0.25, 0.3) is 0 Å². The molecule has 0 bridgehead atoms. The number of amides is 2. The maximum absolute atomic E-state index is 13.7. The number of benzene rings is 4. The third-order valence-corrected chi connectivity index (χ3v) is 8.71. The highest BCUT2D eigenvalue weighted by molar-refractivity contribution is 7.90. The van der Waals surface area contributed by atoms with Crippen molar-refractivity contribution in [1.29, 1.82) is 0 Å². The highest BCUT2D eigenvalue weighted by Crippen LogP contribution is 2.13. The van der Waals surface area contributed by atoms with Crippen LogP contribution in [0.15, 0.2) is 121 Å². The zero-order valence-corrected chi connectivity index (χ0v) is 24.9. The molecule has 0 saturated heterocycles. The molecule has 4 aromatic rings. The number of rotatable bonds is 15. The highest BCUT2D eigenvalue weighted by atomic mass is 32.2. The summed E-state index contributed by atoms with van der Waals surface area (Å²) < 4.78 is 31.4. The summed E-state index contributed by atoms with van der Waals surface area (Å²) in [5, 5.41) is 5.78. The first-order chi connectivity index (χ1) is 20.9. The van der Waals surface area contributed by atoms with E-state index in [9.17, 15) is 18.0 Å². The standard InChI is InChI=1S/C35H38N2O5S/c38-34(33(25-29-15-7-2-8-16-29)37-35(39)42-26-30-17-9-3-10-18-30)36-32(22-21-28-13-5-1-6-14-28)23-24-43(40,41)27-31-19-11-4-12-20-31/h1-20,32-33H,21-27H2,(H,36,38)(H,37,39)/t32-,33-/m0/s1. The lowest BCUT2D eigenvalue weighted by atomic mass is 10.0. The molecule has 0 radical (unpaired) electrons. The zero-order valence-electron chi connectivity index (χ0n) is 24.1. The Bertz CT molecular complexity index is 1520. The first-order valence-corrected chi connectivity index (χ1v) is 16.3. The van der Waals surface area contributed by atoms with Crippen LogP contribution in [0.2, 0.25) is 0 Å². The summed E-state index contributed by atoms with van der Waals surface area (Å²) in [5.74, 6) is -0.519. The molecule has 8 heteroatoms. The van der Waals surface area contributed by atoms with Gasteiger partial charge in [-0.15, -0.1) is 0 Å². The molecule has 0 aliphatic rings. The van der Waals surface area contributed by atoms with Gasteiger partial charge in [-0.2, -0.15) is 0 Å². The van der Waals surface area contributed by atoms with Crippen LogP contribution in [0.25, 0.3) is 0 Å². The van der Waals surface area contributed by atoms with Crippen molar-refractivity contribution in [1.82, 2.24) is 10.6 Å². The molecular weight excluding hydrogens is 560 g/mol. The molecule has 0 aromatic heterocycles. The Morgan fingerprint density at radius 3 is 1.72 bits per heavy atom. The predicted octanol–water partition coefficient (Wildman–Crippen LogP) is 5.65. The Hall–Kier alpha value is -4.43. The summed E-state index contributed by atoms with van der Waals surface area (Å²) in [6.45, 7) is 0.0747. The monoisotopic (exact) mass is 598 g/mol. The Kier molecular flexibility index (Phi) is 11.9. The van der Waals surface area contributed by atoms with E-state index in [0.717, 1.165) is 22.3 Å². The smallest absolute Gasteiger partial charge is 0.408 e. The largest absolute Gasteiger partial charge is 0.445 e. The molecule has 2 N–H and O–H groups in total. The molecule has 2 atom stereocenters. The van der Waals surface area contributed by atoms with Gasteiger partial charge in [-0.3, -0.25) is 4.79 Å². The van der Waals surface area contributed by atoms with E-state index in [0.29, 0.717) is 12.8 Å². The predicted molar refractivity (Wildman–Crippen MR) is 169 cm³/mol. The first kappa shape index (κ1) is 31.5. The summed E-state index contributed by atoms with van der Waals surface area (Å²) in [6.07, 6.45) is 1.02. The van der Waals surface area contributed by atoms with E-state index in [1.807, 2.05) is 109 Å². The van der Waals surface area contributed by atoms with E-state index in [-0.39, 0.29) is 36.9 Å². The molecule has 224 valence electrons. The third-order valence-electron chi connectivity index (χ3n) is 7.08. The fourth-order valence-corrected chi connectivity index (χ4v) is 6.25. The van der Waals surface area contributed by atoms with Crippen LogP contribution in [-0.4, -0.2) is 38.3 Å². The normalized spacial score (nSPS) is 12.6. The molecule has 0 spiro atoms. The SMILES string of the molecule is O=C(N[C@@H](Cc1ccccc1)C(=O)N[C@@H](CCc1ccccc1)CCS(=O)(=O)Cc1ccccc1)OCc1ccccc1. The number of ether oxygens (including phenoxy) is 1. The molecule has 0 aliphatic carbocycles. The van der Waals surface area contributed by atoms with Crippen molar-refractivity contribution in [2.24, 2.45) is 0 Å². The number of hydrogen-bond acceptors (Lipinski definition) is 5. The second-order valence-electron chi connectivity index (χ2n) is 10.5. The van der Waals surface area contributed by atoms with Gasteiger partial charge < -0.3 is 15.4 Å². The maximum atomic E-state index is 13.7. The molecule has 0 aliphatic heterocycles. The molecule has 0 unspecified atom stereocenters. The Morgan fingerprint density at radius 1 is 0.628 bits per heavy atom. The lowest BCUT2D eigenvalue weighted by molar-refractivity contribution is -0.123. The van der Waals surface area contributed by atoms with Crippen molar-refractivity contribution in [2.45, 2.75) is 50.1 Å². The van der Waals surface area contributed by atoms with Crippen LogP contribution < -0.4 is 10.6 Å². The molecule has 2 amide bonds. The second-order valence-corrected chi connectivity index (χ2v) is 12.7. The minimum absolute atomic E-state index is 0.0569. The number of sulfone groups is 1. The summed E-state index contributed by atoms with van der Waals surface area (Å²) in [5.41, 5.74) is 3.53. The van der Waals surface area contributed by atoms with Crippen LogP contribution in [0.3, 0.4) is 0 Å². The Morgan fingerprint density at radius 2 is 1.14 bits per heavy atom. The summed E-state index contributed by atoms with van der Waals surface area (Å²) >= 11 is 0. The maximum Gasteiger partial charge on any atom is 0.408 e. The molecule has 7 nitrogen and oxygen atoms in total. The second kappa shape index (κ2) is 16.3. The van der Waals surface area contributed by atoms with Gasteiger partial charge in [0, 0.05) is 12.5 Å². The molecule has 4 rings (SSSR count). The van der Waals surface area contributed by atoms with E-state index >= 15 is 0 Å². The first-order valence-electron chi connectivity index (χ1n) is 14.5. The van der Waals surface area contributed by atoms with Gasteiger partial charge in [0.2, 0.25) is 5.91 Å². The van der Waals surface area contributed by atoms with Crippen LogP contribution >= 0.6 is 0 Å². The zero-order chi connectivity index (χ0) is 30.3. The molecule has 43 heavy (non-hydrogen) atoms. The minimum atomic E-state index is -3.41. The van der Waals surface area contributed by atoms with Crippen LogP contribution in [0, 0.1) is 0 Å². The number of carbonyl (C=O) groups excluding carboxylic acids is 2. The van der Waals surface area contributed by atoms with Crippen LogP contribution in [0.4, 0.5) is 4.79 Å². The van der Waals surface area contributed by atoms with Gasteiger partial charge >= 0.3 is 6.09 Å². The van der Waals surface area contributed by atoms with E-state index in [1.54, 1.807) is 12.1 Å². The van der Waals surface area contributed by atoms with Crippen LogP contribution in [0.1, 0.15) is 35.1 Å². The van der Waals surface area contributed by atoms with E-state index in [4.69, 9.17) is 4.74 Å². The van der Waals surface area contributed by atoms with E-state index in [1.165, 1.54) is 0 Å². The van der Waals surface area contributed by atoms with Crippen molar-refractivity contribution in [3.05, 3.63) is 144 Å². The summed E-state index contributed by atoms with van der Waals surface area (Å²) in [6, 6.07) is 36.3. The number of hydrogen-bond donors (Lipinski definition) is 2. The third kappa shape index (κ3) is 11.4. The van der Waals surface area contributed by atoms with Gasteiger partial charge in [0.05, 0.1) is 11.5 Å². The Labute approximate surface area is 254 Å². The fraction of sp³-hybridized carbons (Fsp3) is 0.257. The van der Waals surface area contributed by atoms with Crippen LogP contribution in [-0.2, 0) is 44.6 Å². The number of aryl methyl sites for hydroxylation is 1. The minimum Gasteiger partial charge on any atom is -0.445 e. The highest BCUT2D eigenvalue weighted by Gasteiger charge is 2.25. The quantitative estimate of drug-likeness (QED) is 0.184. The van der Waals surface area contributed by atoms with Gasteiger partial charge in [-0.05, 0) is 41.5 Å². The lowest BCUT2D eigenvalue weighted by Gasteiger charge is -2.24. The molecular formula is C35H38N2O5S. The summed E-state index contributed by atoms with van der Waals surface area (Å²) in [4.78, 5) is 26.4. The number of carbonyl (C=O) groups is 2. The van der Waals surface area contributed by atoms with Crippen molar-refractivity contribution < 1.29 is 22.7 Å². The number of nitrogens with one attached hydrogen (secondary N) is 2. The topological polar surface area (TPSA) is 102 Å². The van der Waals surface area contributed by atoms with Crippen molar-refractivity contribution in [2.75, 3.05) is 5.75 Å². The molecule has 0 saturated carbocycles. The van der Waals surface area contributed by atoms with Gasteiger partial charge in [-0.25, -0.2) is 13.2 Å². The van der Waals surface area contributed by atoms with E-state index in [2.05, 4.69) is 10.6 Å². The van der Waals surface area contributed by atoms with Gasteiger partial charge in [0.15, 0.2) is 9.84 Å². The van der Waals surface area contributed by atoms with Crippen molar-refractivity contribution in [3.63, 3.8) is 0 Å². The average Bonchev–Trinajstić information content (AvgIpc) is 3.03. The Balaban J connectivity index is 1.44. The van der Waals surface area contributed by atoms with Gasteiger partial charge in [-0.1, -0.05) is 121 Å². The fourth-order valence-electron chi connectivity index (χ4n) is 4.76. The average molecular weight is 599 g/mol. The number of alkyl carbamates (subject to hydrolysis) is 1. The summed E-state index contributed by atoms with van der Waals surface area (Å²) in [7, 11) is -3.41. The van der Waals surface area contributed by atoms with Crippen molar-refractivity contribution >= 4 is 21.8 Å². The lowest BCUT2D eigenvalue weighted by Crippen LogP contribution is -2.51. The van der Waals surface area contributed by atoms with Crippen LogP contribution in [0.5, 0.6) is 0 Å².